The molecule has 33 heavy (non-hydrogen) atoms. The van der Waals surface area contributed by atoms with Gasteiger partial charge in [0.15, 0.2) is 11.6 Å². The van der Waals surface area contributed by atoms with Crippen molar-refractivity contribution in [1.82, 2.24) is 0 Å². The van der Waals surface area contributed by atoms with Gasteiger partial charge in [-0.3, -0.25) is 19.2 Å². The molecule has 8 nitrogen and oxygen atoms in total. The van der Waals surface area contributed by atoms with Crippen LogP contribution in [0.1, 0.15) is 68.7 Å². The van der Waals surface area contributed by atoms with Gasteiger partial charge in [0, 0.05) is 31.9 Å². The summed E-state index contributed by atoms with van der Waals surface area (Å²) in [6, 6.07) is 2.55. The van der Waals surface area contributed by atoms with Gasteiger partial charge in [0.25, 0.3) is 0 Å². The molecule has 0 radical (unpaired) electrons. The van der Waals surface area contributed by atoms with Crippen LogP contribution in [0.2, 0.25) is 0 Å². The average Bonchev–Trinajstić information content (AvgIpc) is 2.67. The molecular formula is C25H26O8. The number of ether oxygens (including phenoxy) is 3. The van der Waals surface area contributed by atoms with Crippen LogP contribution in [0.4, 0.5) is 0 Å². The van der Waals surface area contributed by atoms with E-state index < -0.39 is 35.6 Å². The molecule has 0 aromatic heterocycles. The number of Topliss-reactive ketones (excluding diaryl/α,β-unsaturated/α-hetero) is 1. The van der Waals surface area contributed by atoms with Gasteiger partial charge < -0.3 is 14.2 Å². The van der Waals surface area contributed by atoms with Crippen LogP contribution < -0.4 is 9.47 Å². The Kier molecular flexibility index (Phi) is 8.23. The molecule has 0 bridgehead atoms. The molecule has 1 aromatic carbocycles. The van der Waals surface area contributed by atoms with Crippen molar-refractivity contribution in [3.8, 4) is 11.5 Å². The Hall–Kier alpha value is -3.81. The molecule has 0 saturated heterocycles. The zero-order valence-corrected chi connectivity index (χ0v) is 19.4. The maximum atomic E-state index is 13.5. The summed E-state index contributed by atoms with van der Waals surface area (Å²) in [5.74, 6) is -3.67. The first-order valence-corrected chi connectivity index (χ1v) is 10.2. The van der Waals surface area contributed by atoms with Gasteiger partial charge in [0.1, 0.15) is 17.6 Å². The highest BCUT2D eigenvalue weighted by molar-refractivity contribution is 6.27. The first kappa shape index (κ1) is 25.5. The molecule has 0 saturated carbocycles. The largest absolute Gasteiger partial charge is 0.454 e. The normalized spacial score (nSPS) is 13.2. The summed E-state index contributed by atoms with van der Waals surface area (Å²) in [5.41, 5.74) is 1.12. The van der Waals surface area contributed by atoms with Gasteiger partial charge in [-0.15, -0.1) is 0 Å². The van der Waals surface area contributed by atoms with Crippen molar-refractivity contribution in [2.75, 3.05) is 0 Å². The molecule has 0 fully saturated rings. The first-order chi connectivity index (χ1) is 15.4. The highest BCUT2D eigenvalue weighted by atomic mass is 16.5. The second-order valence-corrected chi connectivity index (χ2v) is 7.96. The van der Waals surface area contributed by atoms with Crippen molar-refractivity contribution in [2.45, 2.75) is 54.1 Å². The van der Waals surface area contributed by atoms with Gasteiger partial charge in [-0.2, -0.15) is 0 Å². The Bertz CT molecular complexity index is 1110. The van der Waals surface area contributed by atoms with Crippen molar-refractivity contribution in [2.24, 2.45) is 0 Å². The van der Waals surface area contributed by atoms with Crippen molar-refractivity contribution in [3.63, 3.8) is 0 Å². The SMILES string of the molecule is CC(=O)Oc1ccc(OC(C)=O)c2c1C(=O)C=C(C(CC=C(C)C)OC(=O)C=C(C)C)C2=O. The van der Waals surface area contributed by atoms with Gasteiger partial charge in [0.2, 0.25) is 0 Å². The fraction of sp³-hybridized carbons (Fsp3) is 0.320. The third-order valence-corrected chi connectivity index (χ3v) is 4.41. The number of allylic oxidation sites excluding steroid dienone is 3. The van der Waals surface area contributed by atoms with Crippen LogP contribution in [0, 0.1) is 0 Å². The summed E-state index contributed by atoms with van der Waals surface area (Å²) in [7, 11) is 0. The smallest absolute Gasteiger partial charge is 0.331 e. The minimum Gasteiger partial charge on any atom is -0.454 e. The van der Waals surface area contributed by atoms with E-state index in [1.54, 1.807) is 19.9 Å². The minimum atomic E-state index is -1.06. The fourth-order valence-electron chi connectivity index (χ4n) is 3.17. The highest BCUT2D eigenvalue weighted by Crippen LogP contribution is 2.38. The molecule has 1 aromatic rings. The van der Waals surface area contributed by atoms with Crippen LogP contribution in [0.3, 0.4) is 0 Å². The molecular weight excluding hydrogens is 428 g/mol. The van der Waals surface area contributed by atoms with Crippen LogP contribution in [-0.4, -0.2) is 35.6 Å². The molecule has 8 heteroatoms. The minimum absolute atomic E-state index is 0.0751. The number of fused-ring (bicyclic) bond motifs is 1. The van der Waals surface area contributed by atoms with Crippen molar-refractivity contribution >= 4 is 29.5 Å². The van der Waals surface area contributed by atoms with E-state index in [0.717, 1.165) is 25.5 Å². The Morgan fingerprint density at radius 1 is 0.848 bits per heavy atom. The molecule has 0 N–H and O–H groups in total. The summed E-state index contributed by atoms with van der Waals surface area (Å²) < 4.78 is 15.7. The van der Waals surface area contributed by atoms with E-state index in [1.165, 1.54) is 18.2 Å². The maximum Gasteiger partial charge on any atom is 0.331 e. The maximum absolute atomic E-state index is 13.5. The lowest BCUT2D eigenvalue weighted by molar-refractivity contribution is -0.141. The van der Waals surface area contributed by atoms with Gasteiger partial charge in [-0.05, 0) is 45.9 Å². The average molecular weight is 454 g/mol. The number of ketones is 2. The van der Waals surface area contributed by atoms with E-state index >= 15 is 0 Å². The lowest BCUT2D eigenvalue weighted by Crippen LogP contribution is -2.29. The zero-order valence-electron chi connectivity index (χ0n) is 19.4. The molecule has 0 heterocycles. The van der Waals surface area contributed by atoms with Crippen LogP contribution >= 0.6 is 0 Å². The van der Waals surface area contributed by atoms with Crippen molar-refractivity contribution in [1.29, 1.82) is 0 Å². The van der Waals surface area contributed by atoms with Gasteiger partial charge in [-0.1, -0.05) is 17.2 Å². The van der Waals surface area contributed by atoms with E-state index in [1.807, 2.05) is 13.8 Å². The Morgan fingerprint density at radius 3 is 1.88 bits per heavy atom. The molecule has 1 aliphatic carbocycles. The summed E-state index contributed by atoms with van der Waals surface area (Å²) in [4.78, 5) is 62.0. The molecule has 0 spiro atoms. The molecule has 2 rings (SSSR count). The van der Waals surface area contributed by atoms with Crippen LogP contribution in [0.5, 0.6) is 11.5 Å². The second kappa shape index (κ2) is 10.7. The van der Waals surface area contributed by atoms with E-state index in [0.29, 0.717) is 5.57 Å². The predicted molar refractivity (Wildman–Crippen MR) is 119 cm³/mol. The Balaban J connectivity index is 2.64. The molecule has 0 aliphatic heterocycles. The van der Waals surface area contributed by atoms with Gasteiger partial charge in [0.05, 0.1) is 11.1 Å². The number of carbonyl (C=O) groups is 5. The van der Waals surface area contributed by atoms with Crippen LogP contribution in [0.25, 0.3) is 0 Å². The third kappa shape index (κ3) is 6.58. The number of hydrogen-bond acceptors (Lipinski definition) is 8. The molecule has 1 unspecified atom stereocenters. The van der Waals surface area contributed by atoms with Gasteiger partial charge >= 0.3 is 17.9 Å². The lowest BCUT2D eigenvalue weighted by Gasteiger charge is -2.24. The number of esters is 3. The van der Waals surface area contributed by atoms with Crippen molar-refractivity contribution < 1.29 is 38.2 Å². The third-order valence-electron chi connectivity index (χ3n) is 4.41. The van der Waals surface area contributed by atoms with E-state index in [-0.39, 0.29) is 34.6 Å². The molecule has 1 atom stereocenters. The summed E-state index contributed by atoms with van der Waals surface area (Å²) >= 11 is 0. The topological polar surface area (TPSA) is 113 Å². The Morgan fingerprint density at radius 2 is 1.39 bits per heavy atom. The molecule has 174 valence electrons. The summed E-state index contributed by atoms with van der Waals surface area (Å²) in [6.45, 7) is 9.43. The lowest BCUT2D eigenvalue weighted by atomic mass is 9.85. The number of benzene rings is 1. The number of carbonyl (C=O) groups excluding carboxylic acids is 5. The summed E-state index contributed by atoms with van der Waals surface area (Å²) in [5, 5.41) is 0. The van der Waals surface area contributed by atoms with Crippen LogP contribution in [0.15, 0.2) is 47.1 Å². The van der Waals surface area contributed by atoms with Gasteiger partial charge in [-0.25, -0.2) is 4.79 Å². The van der Waals surface area contributed by atoms with E-state index in [9.17, 15) is 24.0 Å². The molecule has 0 amide bonds. The predicted octanol–water partition coefficient (Wildman–Crippen LogP) is 4.08. The summed E-state index contributed by atoms with van der Waals surface area (Å²) in [6.07, 6.45) is 3.21. The monoisotopic (exact) mass is 454 g/mol. The zero-order chi connectivity index (χ0) is 24.9. The van der Waals surface area contributed by atoms with Crippen molar-refractivity contribution in [3.05, 3.63) is 58.2 Å². The quantitative estimate of drug-likeness (QED) is 0.262. The first-order valence-electron chi connectivity index (χ1n) is 10.2. The second-order valence-electron chi connectivity index (χ2n) is 7.96. The Labute approximate surface area is 191 Å². The standard InChI is InChI=1S/C25H26O8/c1-13(2)7-8-19(33-22(29)11-14(3)4)17-12-18(28)23-20(31-15(5)26)9-10-21(32-16(6)27)24(23)25(17)30/h7,9-12,19H,8H2,1-6H3. The number of hydrogen-bond donors (Lipinski definition) is 0. The van der Waals surface area contributed by atoms with Crippen LogP contribution in [-0.2, 0) is 19.1 Å². The van der Waals surface area contributed by atoms with E-state index in [4.69, 9.17) is 14.2 Å². The van der Waals surface area contributed by atoms with E-state index in [2.05, 4.69) is 0 Å². The number of rotatable bonds is 7. The highest BCUT2D eigenvalue weighted by Gasteiger charge is 2.37. The fourth-order valence-corrected chi connectivity index (χ4v) is 3.17. The molecule has 1 aliphatic rings.